The van der Waals surface area contributed by atoms with Gasteiger partial charge in [-0.25, -0.2) is 4.39 Å². The summed E-state index contributed by atoms with van der Waals surface area (Å²) in [5, 5.41) is 2.64. The Morgan fingerprint density at radius 1 is 1.39 bits per heavy atom. The average molecular weight is 342 g/mol. The van der Waals surface area contributed by atoms with Gasteiger partial charge >= 0.3 is 0 Å². The maximum atomic E-state index is 13.6. The van der Waals surface area contributed by atoms with Crippen molar-refractivity contribution < 1.29 is 14.0 Å². The van der Waals surface area contributed by atoms with E-state index in [4.69, 9.17) is 17.3 Å². The molecule has 0 radical (unpaired) electrons. The molecule has 1 atom stereocenters. The van der Waals surface area contributed by atoms with Gasteiger partial charge in [-0.2, -0.15) is 0 Å². The second-order valence-corrected chi connectivity index (χ2v) is 5.97. The molecular weight excluding hydrogens is 321 g/mol. The van der Waals surface area contributed by atoms with Crippen molar-refractivity contribution in [3.05, 3.63) is 34.6 Å². The maximum Gasteiger partial charge on any atom is 0.255 e. The molecule has 2 amide bonds. The van der Waals surface area contributed by atoms with Crippen LogP contribution in [0.1, 0.15) is 36.0 Å². The molecule has 7 heteroatoms. The number of benzene rings is 1. The lowest BCUT2D eigenvalue weighted by Crippen LogP contribution is -2.49. The first-order chi connectivity index (χ1) is 11.0. The van der Waals surface area contributed by atoms with Crippen molar-refractivity contribution >= 4 is 23.4 Å². The molecular formula is C16H21ClFN3O2. The van der Waals surface area contributed by atoms with Gasteiger partial charge < -0.3 is 16.0 Å². The Bertz CT molecular complexity index is 582. The van der Waals surface area contributed by atoms with Crippen LogP contribution < -0.4 is 11.1 Å². The van der Waals surface area contributed by atoms with Crippen LogP contribution in [0.4, 0.5) is 4.39 Å². The maximum absolute atomic E-state index is 13.6. The van der Waals surface area contributed by atoms with Crippen LogP contribution >= 0.6 is 11.6 Å². The third-order valence-electron chi connectivity index (χ3n) is 3.98. The van der Waals surface area contributed by atoms with E-state index in [1.807, 2.05) is 0 Å². The molecule has 23 heavy (non-hydrogen) atoms. The van der Waals surface area contributed by atoms with Crippen LogP contribution in [0, 0.1) is 5.82 Å². The Kier molecular flexibility index (Phi) is 6.36. The van der Waals surface area contributed by atoms with Gasteiger partial charge in [0.1, 0.15) is 5.82 Å². The SMILES string of the molecule is NCCC(=O)NCC1CCCCN1C(=O)c1cccc(F)c1Cl. The van der Waals surface area contributed by atoms with Crippen molar-refractivity contribution in [2.24, 2.45) is 5.73 Å². The fraction of sp³-hybridized carbons (Fsp3) is 0.500. The zero-order chi connectivity index (χ0) is 16.8. The summed E-state index contributed by atoms with van der Waals surface area (Å²) < 4.78 is 13.6. The van der Waals surface area contributed by atoms with Crippen LogP contribution in [-0.4, -0.2) is 42.4 Å². The summed E-state index contributed by atoms with van der Waals surface area (Å²) in [6, 6.07) is 4.10. The van der Waals surface area contributed by atoms with E-state index >= 15 is 0 Å². The van der Waals surface area contributed by atoms with Crippen LogP contribution in [-0.2, 0) is 4.79 Å². The fourth-order valence-corrected chi connectivity index (χ4v) is 2.96. The number of nitrogens with zero attached hydrogens (tertiary/aromatic N) is 1. The Morgan fingerprint density at radius 2 is 2.17 bits per heavy atom. The quantitative estimate of drug-likeness (QED) is 0.859. The molecule has 0 bridgehead atoms. The number of halogens is 2. The molecule has 5 nitrogen and oxygen atoms in total. The number of carbonyl (C=O) groups is 2. The first kappa shape index (κ1) is 17.7. The number of amides is 2. The summed E-state index contributed by atoms with van der Waals surface area (Å²) in [6.07, 6.45) is 2.92. The lowest BCUT2D eigenvalue weighted by Gasteiger charge is -2.36. The van der Waals surface area contributed by atoms with Gasteiger partial charge in [0.2, 0.25) is 5.91 Å². The van der Waals surface area contributed by atoms with Crippen molar-refractivity contribution in [2.75, 3.05) is 19.6 Å². The van der Waals surface area contributed by atoms with Crippen LogP contribution in [0.25, 0.3) is 0 Å². The van der Waals surface area contributed by atoms with Crippen LogP contribution in [0.5, 0.6) is 0 Å². The molecule has 2 rings (SSSR count). The van der Waals surface area contributed by atoms with Crippen molar-refractivity contribution in [1.82, 2.24) is 10.2 Å². The minimum absolute atomic E-state index is 0.114. The summed E-state index contributed by atoms with van der Waals surface area (Å²) in [4.78, 5) is 25.9. The average Bonchev–Trinajstić information content (AvgIpc) is 2.55. The third-order valence-corrected chi connectivity index (χ3v) is 4.36. The van der Waals surface area contributed by atoms with Crippen molar-refractivity contribution in [1.29, 1.82) is 0 Å². The zero-order valence-electron chi connectivity index (χ0n) is 12.9. The van der Waals surface area contributed by atoms with E-state index in [2.05, 4.69) is 5.32 Å². The lowest BCUT2D eigenvalue weighted by atomic mass is 10.0. The number of piperidine rings is 1. The van der Waals surface area contributed by atoms with Crippen molar-refractivity contribution in [3.63, 3.8) is 0 Å². The largest absolute Gasteiger partial charge is 0.354 e. The molecule has 126 valence electrons. The van der Waals surface area contributed by atoms with Gasteiger partial charge in [-0.15, -0.1) is 0 Å². The number of nitrogens with two attached hydrogens (primary N) is 1. The highest BCUT2D eigenvalue weighted by Crippen LogP contribution is 2.25. The summed E-state index contributed by atoms with van der Waals surface area (Å²) in [7, 11) is 0. The minimum atomic E-state index is -0.609. The van der Waals surface area contributed by atoms with Crippen LogP contribution in [0.15, 0.2) is 18.2 Å². The number of hydrogen-bond acceptors (Lipinski definition) is 3. The van der Waals surface area contributed by atoms with Gasteiger partial charge in [-0.05, 0) is 31.4 Å². The fourth-order valence-electron chi connectivity index (χ4n) is 2.75. The summed E-state index contributed by atoms with van der Waals surface area (Å²) in [5.41, 5.74) is 5.50. The minimum Gasteiger partial charge on any atom is -0.354 e. The van der Waals surface area contributed by atoms with Gasteiger partial charge in [0.25, 0.3) is 5.91 Å². The molecule has 1 heterocycles. The molecule has 0 aliphatic carbocycles. The monoisotopic (exact) mass is 341 g/mol. The van der Waals surface area contributed by atoms with E-state index in [1.165, 1.54) is 18.2 Å². The van der Waals surface area contributed by atoms with Gasteiger partial charge in [-0.1, -0.05) is 17.7 Å². The summed E-state index contributed by atoms with van der Waals surface area (Å²) in [5.74, 6) is -1.04. The first-order valence-corrected chi connectivity index (χ1v) is 8.14. The van der Waals surface area contributed by atoms with Crippen LogP contribution in [0.2, 0.25) is 5.02 Å². The summed E-state index contributed by atoms with van der Waals surface area (Å²) in [6.45, 7) is 1.23. The van der Waals surface area contributed by atoms with E-state index in [-0.39, 0.29) is 41.4 Å². The highest BCUT2D eigenvalue weighted by Gasteiger charge is 2.29. The molecule has 1 unspecified atom stereocenters. The third kappa shape index (κ3) is 4.42. The van der Waals surface area contributed by atoms with Crippen LogP contribution in [0.3, 0.4) is 0 Å². The van der Waals surface area contributed by atoms with E-state index in [0.717, 1.165) is 19.3 Å². The topological polar surface area (TPSA) is 75.4 Å². The van der Waals surface area contributed by atoms with E-state index in [0.29, 0.717) is 13.1 Å². The molecule has 0 spiro atoms. The van der Waals surface area contributed by atoms with Crippen molar-refractivity contribution in [2.45, 2.75) is 31.7 Å². The standard InChI is InChI=1S/C16H21ClFN3O2/c17-15-12(5-3-6-13(15)18)16(23)21-9-2-1-4-11(21)10-20-14(22)7-8-19/h3,5-6,11H,1-2,4,7-10,19H2,(H,20,22). The molecule has 1 aliphatic heterocycles. The molecule has 0 saturated carbocycles. The summed E-state index contributed by atoms with van der Waals surface area (Å²) >= 11 is 5.92. The molecule has 1 aliphatic rings. The first-order valence-electron chi connectivity index (χ1n) is 7.76. The highest BCUT2D eigenvalue weighted by atomic mass is 35.5. The van der Waals surface area contributed by atoms with E-state index < -0.39 is 5.82 Å². The predicted octanol–water partition coefficient (Wildman–Crippen LogP) is 1.94. The van der Waals surface area contributed by atoms with Gasteiger partial charge in [0.15, 0.2) is 0 Å². The number of carbonyl (C=O) groups excluding carboxylic acids is 2. The smallest absolute Gasteiger partial charge is 0.255 e. The molecule has 1 aromatic carbocycles. The molecule has 0 aromatic heterocycles. The highest BCUT2D eigenvalue weighted by molar-refractivity contribution is 6.34. The molecule has 1 aromatic rings. The lowest BCUT2D eigenvalue weighted by molar-refractivity contribution is -0.121. The van der Waals surface area contributed by atoms with Crippen molar-refractivity contribution in [3.8, 4) is 0 Å². The zero-order valence-corrected chi connectivity index (χ0v) is 13.6. The number of rotatable bonds is 5. The van der Waals surface area contributed by atoms with Gasteiger partial charge in [-0.3, -0.25) is 9.59 Å². The second kappa shape index (κ2) is 8.26. The second-order valence-electron chi connectivity index (χ2n) is 5.59. The molecule has 1 saturated heterocycles. The predicted molar refractivity (Wildman–Crippen MR) is 86.8 cm³/mol. The Balaban J connectivity index is 2.09. The normalized spacial score (nSPS) is 17.9. The van der Waals surface area contributed by atoms with E-state index in [1.54, 1.807) is 4.90 Å². The van der Waals surface area contributed by atoms with Gasteiger partial charge in [0, 0.05) is 32.1 Å². The molecule has 1 fully saturated rings. The van der Waals surface area contributed by atoms with Gasteiger partial charge in [0.05, 0.1) is 10.6 Å². The number of hydrogen-bond donors (Lipinski definition) is 2. The Morgan fingerprint density at radius 3 is 2.91 bits per heavy atom. The van der Waals surface area contributed by atoms with E-state index in [9.17, 15) is 14.0 Å². The number of likely N-dealkylation sites (tertiary alicyclic amines) is 1. The number of nitrogens with one attached hydrogen (secondary N) is 1. The Hall–Kier alpha value is -1.66. The molecule has 3 N–H and O–H groups in total. The Labute approximate surface area is 140 Å².